The Morgan fingerprint density at radius 2 is 2.05 bits per heavy atom. The molecule has 1 saturated carbocycles. The normalized spacial score (nSPS) is 20.3. The number of aryl methyl sites for hydroxylation is 1. The highest BCUT2D eigenvalue weighted by atomic mass is 79.9. The van der Waals surface area contributed by atoms with E-state index >= 15 is 0 Å². The van der Waals surface area contributed by atoms with E-state index in [9.17, 15) is 13.2 Å². The average molecular weight is 376 g/mol. The largest absolute Gasteiger partial charge is 0.478 e. The summed E-state index contributed by atoms with van der Waals surface area (Å²) in [6.07, 6.45) is 0.991. The maximum Gasteiger partial charge on any atom is 0.335 e. The van der Waals surface area contributed by atoms with Gasteiger partial charge in [-0.15, -0.1) is 0 Å². The zero-order chi connectivity index (χ0) is 16.0. The van der Waals surface area contributed by atoms with Crippen LogP contribution in [-0.2, 0) is 10.0 Å². The fourth-order valence-corrected chi connectivity index (χ4v) is 4.39. The molecule has 21 heavy (non-hydrogen) atoms. The standard InChI is InChI=1S/C14H18BrNO4S/c1-8-4-9(13(17)18)5-11(12(8)15)21(19,20)16-7-10-6-14(10,2)3/h4-5,10,16H,6-7H2,1-3H3,(H,17,18). The smallest absolute Gasteiger partial charge is 0.335 e. The number of halogens is 1. The first-order chi connectivity index (χ1) is 9.54. The van der Waals surface area contributed by atoms with E-state index in [-0.39, 0.29) is 15.9 Å². The maximum absolute atomic E-state index is 12.4. The van der Waals surface area contributed by atoms with E-state index in [1.807, 2.05) is 0 Å². The summed E-state index contributed by atoms with van der Waals surface area (Å²) in [4.78, 5) is 11.0. The molecule has 0 aliphatic heterocycles. The van der Waals surface area contributed by atoms with E-state index in [2.05, 4.69) is 34.5 Å². The molecule has 116 valence electrons. The van der Waals surface area contributed by atoms with E-state index in [0.29, 0.717) is 22.5 Å². The number of sulfonamides is 1. The third-order valence-electron chi connectivity index (χ3n) is 3.99. The molecule has 7 heteroatoms. The van der Waals surface area contributed by atoms with Gasteiger partial charge in [0.05, 0.1) is 10.5 Å². The van der Waals surface area contributed by atoms with Crippen molar-refractivity contribution in [2.75, 3.05) is 6.54 Å². The summed E-state index contributed by atoms with van der Waals surface area (Å²) in [7, 11) is -3.73. The van der Waals surface area contributed by atoms with Crippen LogP contribution in [0.15, 0.2) is 21.5 Å². The van der Waals surface area contributed by atoms with Crippen molar-refractivity contribution in [1.82, 2.24) is 4.72 Å². The Hall–Kier alpha value is -0.920. The molecule has 1 unspecified atom stereocenters. The number of carboxylic acid groups (broad SMARTS) is 1. The molecular formula is C14H18BrNO4S. The number of nitrogens with one attached hydrogen (secondary N) is 1. The van der Waals surface area contributed by atoms with Crippen LogP contribution in [0.4, 0.5) is 0 Å². The second-order valence-corrected chi connectivity index (χ2v) is 8.68. The number of rotatable bonds is 5. The van der Waals surface area contributed by atoms with Gasteiger partial charge in [0, 0.05) is 11.0 Å². The zero-order valence-corrected chi connectivity index (χ0v) is 14.5. The lowest BCUT2D eigenvalue weighted by molar-refractivity contribution is 0.0696. The van der Waals surface area contributed by atoms with Crippen molar-refractivity contribution in [2.24, 2.45) is 11.3 Å². The molecule has 0 heterocycles. The van der Waals surface area contributed by atoms with E-state index in [1.54, 1.807) is 6.92 Å². The van der Waals surface area contributed by atoms with E-state index in [0.717, 1.165) is 6.42 Å². The zero-order valence-electron chi connectivity index (χ0n) is 12.1. The summed E-state index contributed by atoms with van der Waals surface area (Å²) in [5, 5.41) is 9.06. The quantitative estimate of drug-likeness (QED) is 0.828. The van der Waals surface area contributed by atoms with Gasteiger partial charge in [-0.3, -0.25) is 0 Å². The molecule has 0 saturated heterocycles. The molecule has 0 radical (unpaired) electrons. The molecule has 0 aromatic heterocycles. The molecule has 1 aromatic rings. The molecule has 0 spiro atoms. The van der Waals surface area contributed by atoms with Crippen molar-refractivity contribution >= 4 is 31.9 Å². The number of carbonyl (C=O) groups is 1. The summed E-state index contributed by atoms with van der Waals surface area (Å²) in [6.45, 7) is 6.23. The molecule has 2 N–H and O–H groups in total. The van der Waals surface area contributed by atoms with Gasteiger partial charge in [0.1, 0.15) is 0 Å². The van der Waals surface area contributed by atoms with Crippen LogP contribution in [0, 0.1) is 18.3 Å². The molecule has 1 aliphatic carbocycles. The molecule has 1 atom stereocenters. The van der Waals surface area contributed by atoms with Crippen molar-refractivity contribution in [1.29, 1.82) is 0 Å². The Morgan fingerprint density at radius 1 is 1.48 bits per heavy atom. The van der Waals surface area contributed by atoms with Crippen LogP contribution < -0.4 is 4.72 Å². The van der Waals surface area contributed by atoms with E-state index < -0.39 is 16.0 Å². The van der Waals surface area contributed by atoms with Crippen molar-refractivity contribution in [3.63, 3.8) is 0 Å². The van der Waals surface area contributed by atoms with Crippen LogP contribution in [0.25, 0.3) is 0 Å². The van der Waals surface area contributed by atoms with Crippen LogP contribution in [-0.4, -0.2) is 26.0 Å². The molecule has 2 rings (SSSR count). The van der Waals surface area contributed by atoms with E-state index in [1.165, 1.54) is 12.1 Å². The first kappa shape index (κ1) is 16.5. The number of carboxylic acids is 1. The first-order valence-electron chi connectivity index (χ1n) is 6.58. The van der Waals surface area contributed by atoms with Crippen LogP contribution >= 0.6 is 15.9 Å². The Kier molecular flexibility index (Phi) is 4.21. The molecule has 5 nitrogen and oxygen atoms in total. The Morgan fingerprint density at radius 3 is 2.52 bits per heavy atom. The SMILES string of the molecule is Cc1cc(C(=O)O)cc(S(=O)(=O)NCC2CC2(C)C)c1Br. The predicted octanol–water partition coefficient (Wildman–Crippen LogP) is 2.78. The topological polar surface area (TPSA) is 83.5 Å². The minimum atomic E-state index is -3.73. The molecule has 0 amide bonds. The van der Waals surface area contributed by atoms with Gasteiger partial charge in [0.25, 0.3) is 0 Å². The van der Waals surface area contributed by atoms with Crippen LogP contribution in [0.2, 0.25) is 0 Å². The van der Waals surface area contributed by atoms with Crippen LogP contribution in [0.1, 0.15) is 36.2 Å². The lowest BCUT2D eigenvalue weighted by Crippen LogP contribution is -2.27. The summed E-state index contributed by atoms with van der Waals surface area (Å²) in [5.74, 6) is -0.819. The minimum absolute atomic E-state index is 0.0293. The summed E-state index contributed by atoms with van der Waals surface area (Å²) in [6, 6.07) is 2.62. The first-order valence-corrected chi connectivity index (χ1v) is 8.85. The van der Waals surface area contributed by atoms with Gasteiger partial charge < -0.3 is 5.11 Å². The molecule has 0 bridgehead atoms. The van der Waals surface area contributed by atoms with E-state index in [4.69, 9.17) is 5.11 Å². The number of hydrogen-bond acceptors (Lipinski definition) is 3. The molecule has 1 aromatic carbocycles. The highest BCUT2D eigenvalue weighted by molar-refractivity contribution is 9.10. The fourth-order valence-electron chi connectivity index (χ4n) is 2.27. The van der Waals surface area contributed by atoms with Gasteiger partial charge >= 0.3 is 5.97 Å². The second-order valence-electron chi connectivity index (χ2n) is 6.15. The van der Waals surface area contributed by atoms with Gasteiger partial charge in [-0.2, -0.15) is 0 Å². The van der Waals surface area contributed by atoms with Crippen molar-refractivity contribution in [3.8, 4) is 0 Å². The lowest BCUT2D eigenvalue weighted by atomic mass is 10.1. The van der Waals surface area contributed by atoms with Crippen LogP contribution in [0.3, 0.4) is 0 Å². The van der Waals surface area contributed by atoms with Gasteiger partial charge in [-0.25, -0.2) is 17.9 Å². The Bertz CT molecular complexity index is 697. The summed E-state index contributed by atoms with van der Waals surface area (Å²) < 4.78 is 27.8. The second kappa shape index (κ2) is 5.37. The lowest BCUT2D eigenvalue weighted by Gasteiger charge is -2.12. The van der Waals surface area contributed by atoms with Gasteiger partial charge in [0.15, 0.2) is 0 Å². The Balaban J connectivity index is 2.29. The van der Waals surface area contributed by atoms with Gasteiger partial charge in [-0.05, 0) is 58.3 Å². The predicted molar refractivity (Wildman–Crippen MR) is 82.9 cm³/mol. The van der Waals surface area contributed by atoms with Crippen molar-refractivity contribution < 1.29 is 18.3 Å². The molecular weight excluding hydrogens is 358 g/mol. The maximum atomic E-state index is 12.4. The average Bonchev–Trinajstić information content (AvgIpc) is 2.97. The van der Waals surface area contributed by atoms with Gasteiger partial charge in [0.2, 0.25) is 10.0 Å². The number of aromatic carboxylic acids is 1. The third-order valence-corrected chi connectivity index (χ3v) is 6.76. The van der Waals surface area contributed by atoms with Crippen molar-refractivity contribution in [3.05, 3.63) is 27.7 Å². The Labute approximate surface area is 132 Å². The molecule has 1 fully saturated rings. The highest BCUT2D eigenvalue weighted by Crippen LogP contribution is 2.51. The summed E-state index contributed by atoms with van der Waals surface area (Å²) in [5.41, 5.74) is 0.711. The molecule has 1 aliphatic rings. The minimum Gasteiger partial charge on any atom is -0.478 e. The van der Waals surface area contributed by atoms with Crippen LogP contribution in [0.5, 0.6) is 0 Å². The number of hydrogen-bond donors (Lipinski definition) is 2. The number of benzene rings is 1. The fraction of sp³-hybridized carbons (Fsp3) is 0.500. The van der Waals surface area contributed by atoms with Crippen molar-refractivity contribution in [2.45, 2.75) is 32.1 Å². The highest BCUT2D eigenvalue weighted by Gasteiger charge is 2.45. The summed E-state index contributed by atoms with van der Waals surface area (Å²) >= 11 is 3.23. The van der Waals surface area contributed by atoms with Gasteiger partial charge in [-0.1, -0.05) is 13.8 Å². The third kappa shape index (κ3) is 3.46. The monoisotopic (exact) mass is 375 g/mol.